The number of aromatic hydroxyl groups is 1. The molecule has 0 aromatic heterocycles. The molecule has 2 nitrogen and oxygen atoms in total. The van der Waals surface area contributed by atoms with E-state index in [2.05, 4.69) is 32.9 Å². The Hall–Kier alpha value is -1.96. The molecule has 0 atom stereocenters. The molecule has 18 heavy (non-hydrogen) atoms. The third-order valence-corrected chi connectivity index (χ3v) is 2.81. The van der Waals surface area contributed by atoms with Crippen LogP contribution in [0.1, 0.15) is 26.3 Å². The highest BCUT2D eigenvalue weighted by Crippen LogP contribution is 2.31. The van der Waals surface area contributed by atoms with E-state index in [1.165, 1.54) is 5.56 Å². The fourth-order valence-electron chi connectivity index (χ4n) is 1.69. The molecular weight excluding hydrogens is 224 g/mol. The lowest BCUT2D eigenvalue weighted by atomic mass is 9.87. The van der Waals surface area contributed by atoms with Crippen LogP contribution in [-0.4, -0.2) is 5.11 Å². The van der Waals surface area contributed by atoms with Gasteiger partial charge in [-0.25, -0.2) is 0 Å². The average Bonchev–Trinajstić information content (AvgIpc) is 2.32. The molecule has 2 aromatic rings. The number of hydrogen-bond acceptors (Lipinski definition) is 2. The van der Waals surface area contributed by atoms with Crippen molar-refractivity contribution in [2.45, 2.75) is 26.2 Å². The van der Waals surface area contributed by atoms with Crippen molar-refractivity contribution in [3.8, 4) is 17.2 Å². The molecule has 0 radical (unpaired) electrons. The van der Waals surface area contributed by atoms with Crippen molar-refractivity contribution in [2.24, 2.45) is 0 Å². The van der Waals surface area contributed by atoms with Gasteiger partial charge in [0.05, 0.1) is 0 Å². The smallest absolute Gasteiger partial charge is 0.169 e. The summed E-state index contributed by atoms with van der Waals surface area (Å²) in [5.41, 5.74) is 1.39. The Morgan fingerprint density at radius 2 is 1.50 bits per heavy atom. The van der Waals surface area contributed by atoms with Gasteiger partial charge in [0.2, 0.25) is 0 Å². The lowest BCUT2D eigenvalue weighted by Gasteiger charge is -2.19. The largest absolute Gasteiger partial charge is 0.504 e. The molecule has 0 aliphatic rings. The molecule has 0 fully saturated rings. The normalized spacial score (nSPS) is 11.3. The summed E-state index contributed by atoms with van der Waals surface area (Å²) in [4.78, 5) is 0. The van der Waals surface area contributed by atoms with Gasteiger partial charge in [0.25, 0.3) is 0 Å². The van der Waals surface area contributed by atoms with Crippen LogP contribution in [0.15, 0.2) is 48.5 Å². The summed E-state index contributed by atoms with van der Waals surface area (Å²) < 4.78 is 5.63. The van der Waals surface area contributed by atoms with E-state index in [0.717, 1.165) is 5.75 Å². The molecule has 2 aromatic carbocycles. The minimum atomic E-state index is 0.132. The van der Waals surface area contributed by atoms with Crippen molar-refractivity contribution in [2.75, 3.05) is 0 Å². The summed E-state index contributed by atoms with van der Waals surface area (Å²) in [5.74, 6) is 1.35. The first-order chi connectivity index (χ1) is 8.47. The zero-order chi connectivity index (χ0) is 13.2. The van der Waals surface area contributed by atoms with Crippen molar-refractivity contribution in [3.63, 3.8) is 0 Å². The van der Waals surface area contributed by atoms with Gasteiger partial charge in [0, 0.05) is 0 Å². The Kier molecular flexibility index (Phi) is 3.28. The summed E-state index contributed by atoms with van der Waals surface area (Å²) >= 11 is 0. The molecule has 0 saturated heterocycles. The highest BCUT2D eigenvalue weighted by molar-refractivity contribution is 5.42. The Morgan fingerprint density at radius 3 is 2.06 bits per heavy atom. The summed E-state index contributed by atoms with van der Waals surface area (Å²) in [6, 6.07) is 14.9. The van der Waals surface area contributed by atoms with E-state index in [1.807, 2.05) is 18.2 Å². The van der Waals surface area contributed by atoms with Gasteiger partial charge in [-0.1, -0.05) is 45.0 Å². The van der Waals surface area contributed by atoms with Crippen LogP contribution in [0.3, 0.4) is 0 Å². The first-order valence-corrected chi connectivity index (χ1v) is 6.03. The van der Waals surface area contributed by atoms with E-state index in [9.17, 15) is 5.11 Å². The molecule has 0 heterocycles. The molecule has 94 valence electrons. The van der Waals surface area contributed by atoms with Crippen LogP contribution in [-0.2, 0) is 5.41 Å². The summed E-state index contributed by atoms with van der Waals surface area (Å²) in [6.07, 6.45) is 0. The van der Waals surface area contributed by atoms with Crippen LogP contribution < -0.4 is 4.74 Å². The number of rotatable bonds is 2. The lowest BCUT2D eigenvalue weighted by molar-refractivity contribution is 0.411. The maximum absolute atomic E-state index is 9.63. The maximum atomic E-state index is 9.63. The monoisotopic (exact) mass is 242 g/mol. The lowest BCUT2D eigenvalue weighted by Crippen LogP contribution is -2.10. The zero-order valence-corrected chi connectivity index (χ0v) is 11.0. The second-order valence-corrected chi connectivity index (χ2v) is 5.34. The SMILES string of the molecule is CC(C)(C)c1ccc(Oc2ccccc2O)cc1. The van der Waals surface area contributed by atoms with Crippen molar-refractivity contribution >= 4 is 0 Å². The van der Waals surface area contributed by atoms with E-state index in [1.54, 1.807) is 18.2 Å². The second-order valence-electron chi connectivity index (χ2n) is 5.34. The predicted molar refractivity (Wildman–Crippen MR) is 73.3 cm³/mol. The van der Waals surface area contributed by atoms with Crippen molar-refractivity contribution < 1.29 is 9.84 Å². The van der Waals surface area contributed by atoms with Crippen LogP contribution >= 0.6 is 0 Å². The molecule has 0 amide bonds. The molecular formula is C16H18O2. The Morgan fingerprint density at radius 1 is 0.889 bits per heavy atom. The summed E-state index contributed by atoms with van der Waals surface area (Å²) in [5, 5.41) is 9.63. The van der Waals surface area contributed by atoms with Crippen molar-refractivity contribution in [1.29, 1.82) is 0 Å². The fraction of sp³-hybridized carbons (Fsp3) is 0.250. The first-order valence-electron chi connectivity index (χ1n) is 6.03. The van der Waals surface area contributed by atoms with E-state index >= 15 is 0 Å². The van der Waals surface area contributed by atoms with E-state index < -0.39 is 0 Å². The number of para-hydroxylation sites is 2. The average molecular weight is 242 g/mol. The number of phenolic OH excluding ortho intramolecular Hbond substituents is 1. The zero-order valence-electron chi connectivity index (χ0n) is 11.0. The van der Waals surface area contributed by atoms with Crippen LogP contribution in [0, 0.1) is 0 Å². The first kappa shape index (κ1) is 12.5. The van der Waals surface area contributed by atoms with Crippen molar-refractivity contribution in [1.82, 2.24) is 0 Å². The summed E-state index contributed by atoms with van der Waals surface area (Å²) in [7, 11) is 0. The van der Waals surface area contributed by atoms with Gasteiger partial charge in [-0.05, 0) is 35.2 Å². The minimum absolute atomic E-state index is 0.132. The molecule has 0 bridgehead atoms. The van der Waals surface area contributed by atoms with Crippen LogP contribution in [0.25, 0.3) is 0 Å². The second kappa shape index (κ2) is 4.73. The summed E-state index contributed by atoms with van der Waals surface area (Å²) in [6.45, 7) is 6.52. The number of phenols is 1. The topological polar surface area (TPSA) is 29.5 Å². The standard InChI is InChI=1S/C16H18O2/c1-16(2,3)12-8-10-13(11-9-12)18-15-7-5-4-6-14(15)17/h4-11,17H,1-3H3. The minimum Gasteiger partial charge on any atom is -0.504 e. The maximum Gasteiger partial charge on any atom is 0.169 e. The van der Waals surface area contributed by atoms with Gasteiger partial charge in [-0.3, -0.25) is 0 Å². The van der Waals surface area contributed by atoms with E-state index in [4.69, 9.17) is 4.74 Å². The van der Waals surface area contributed by atoms with Gasteiger partial charge in [0.15, 0.2) is 11.5 Å². The van der Waals surface area contributed by atoms with Crippen LogP contribution in [0.4, 0.5) is 0 Å². The van der Waals surface area contributed by atoms with E-state index in [-0.39, 0.29) is 11.2 Å². The van der Waals surface area contributed by atoms with Gasteiger partial charge in [-0.2, -0.15) is 0 Å². The molecule has 0 saturated carbocycles. The third-order valence-electron chi connectivity index (χ3n) is 2.81. The highest BCUT2D eigenvalue weighted by Gasteiger charge is 2.13. The Balaban J connectivity index is 2.19. The van der Waals surface area contributed by atoms with Gasteiger partial charge >= 0.3 is 0 Å². The van der Waals surface area contributed by atoms with Crippen LogP contribution in [0.2, 0.25) is 0 Å². The van der Waals surface area contributed by atoms with Crippen molar-refractivity contribution in [3.05, 3.63) is 54.1 Å². The molecule has 0 aliphatic heterocycles. The number of hydrogen-bond donors (Lipinski definition) is 1. The number of benzene rings is 2. The molecule has 1 N–H and O–H groups in total. The van der Waals surface area contributed by atoms with Crippen LogP contribution in [0.5, 0.6) is 17.2 Å². The number of ether oxygens (including phenoxy) is 1. The molecule has 0 spiro atoms. The molecule has 0 unspecified atom stereocenters. The van der Waals surface area contributed by atoms with E-state index in [0.29, 0.717) is 5.75 Å². The quantitative estimate of drug-likeness (QED) is 0.841. The molecule has 0 aliphatic carbocycles. The highest BCUT2D eigenvalue weighted by atomic mass is 16.5. The Labute approximate surface area is 108 Å². The Bertz CT molecular complexity index is 522. The predicted octanol–water partition coefficient (Wildman–Crippen LogP) is 4.48. The van der Waals surface area contributed by atoms with Gasteiger partial charge in [0.1, 0.15) is 5.75 Å². The third kappa shape index (κ3) is 2.83. The molecule has 2 heteroatoms. The van der Waals surface area contributed by atoms with Gasteiger partial charge < -0.3 is 9.84 Å². The van der Waals surface area contributed by atoms with Gasteiger partial charge in [-0.15, -0.1) is 0 Å². The fourth-order valence-corrected chi connectivity index (χ4v) is 1.69. The molecule has 2 rings (SSSR count).